The lowest BCUT2D eigenvalue weighted by Crippen LogP contribution is -2.57. The van der Waals surface area contributed by atoms with E-state index in [1.54, 1.807) is 25.4 Å². The summed E-state index contributed by atoms with van der Waals surface area (Å²) in [5.74, 6) is 4.59. The van der Waals surface area contributed by atoms with E-state index in [1.807, 2.05) is 81.6 Å². The van der Waals surface area contributed by atoms with Gasteiger partial charge in [0.15, 0.2) is 0 Å². The van der Waals surface area contributed by atoms with Crippen molar-refractivity contribution < 1.29 is 18.0 Å². The van der Waals surface area contributed by atoms with Crippen LogP contribution in [0.2, 0.25) is 0 Å². The van der Waals surface area contributed by atoms with Crippen LogP contribution in [0.3, 0.4) is 0 Å². The Morgan fingerprint density at radius 1 is 0.568 bits per heavy atom. The first-order valence-electron chi connectivity index (χ1n) is 26.8. The average Bonchev–Trinajstić information content (AvgIpc) is 4.15. The molecule has 1 N–H and O–H groups in total. The zero-order valence-corrected chi connectivity index (χ0v) is 52.6. The summed E-state index contributed by atoms with van der Waals surface area (Å²) in [6.45, 7) is 45.7. The van der Waals surface area contributed by atoms with E-state index in [0.29, 0.717) is 46.9 Å². The number of carbonyl (C=O) groups is 2. The Labute approximate surface area is 461 Å². The van der Waals surface area contributed by atoms with Crippen LogP contribution in [-0.4, -0.2) is 81.2 Å². The maximum atomic E-state index is 12.2. The molecule has 3 aliphatic rings. The minimum absolute atomic E-state index is 0.0344. The topological polar surface area (TPSA) is 119 Å². The highest BCUT2D eigenvalue weighted by Crippen LogP contribution is 2.42. The third kappa shape index (κ3) is 15.1. The zero-order chi connectivity index (χ0) is 55.5. The van der Waals surface area contributed by atoms with Crippen LogP contribution in [0.1, 0.15) is 216 Å². The molecule has 1 fully saturated rings. The fourth-order valence-corrected chi connectivity index (χ4v) is 15.2. The number of H-pyrrole nitrogens is 1. The lowest BCUT2D eigenvalue weighted by Gasteiger charge is -2.38. The molecule has 0 atom stereocenters. The number of aliphatic imine (C=N–C) groups is 1. The van der Waals surface area contributed by atoms with Crippen molar-refractivity contribution in [1.29, 1.82) is 0 Å². The van der Waals surface area contributed by atoms with Gasteiger partial charge in [0, 0.05) is 76.5 Å². The molecule has 3 aliphatic heterocycles. The van der Waals surface area contributed by atoms with Crippen molar-refractivity contribution in [3.63, 3.8) is 0 Å². The molecule has 1 saturated heterocycles. The van der Waals surface area contributed by atoms with E-state index in [9.17, 15) is 18.0 Å². The summed E-state index contributed by atoms with van der Waals surface area (Å²) in [6.07, 6.45) is 1.08. The van der Waals surface area contributed by atoms with Crippen molar-refractivity contribution in [3.8, 4) is 0 Å². The van der Waals surface area contributed by atoms with Crippen molar-refractivity contribution >= 4 is 98.3 Å². The predicted octanol–water partition coefficient (Wildman–Crippen LogP) is 16.6. The van der Waals surface area contributed by atoms with Crippen LogP contribution in [-0.2, 0) is 38.0 Å². The molecule has 2 amide bonds. The molecular weight excluding hydrogens is 1020 g/mol. The lowest BCUT2D eigenvalue weighted by molar-refractivity contribution is -0.153. The number of imidazole rings is 1. The summed E-state index contributed by atoms with van der Waals surface area (Å²) in [7, 11) is -3.21. The fraction of sp³-hybridized carbons (Fsp3) is 0.593. The monoisotopic (exact) mass is 1100 g/mol. The average molecular weight is 1110 g/mol. The summed E-state index contributed by atoms with van der Waals surface area (Å²) in [5.41, 5.74) is 6.55. The van der Waals surface area contributed by atoms with Gasteiger partial charge in [0.05, 0.1) is 15.9 Å². The minimum atomic E-state index is -3.21. The molecule has 74 heavy (non-hydrogen) atoms. The Bertz CT molecular complexity index is 2890. The fourth-order valence-electron chi connectivity index (χ4n) is 8.30. The smallest absolute Gasteiger partial charge is 0.244 e. The van der Waals surface area contributed by atoms with Crippen LogP contribution in [0.15, 0.2) is 52.4 Å². The first-order valence-corrected chi connectivity index (χ1v) is 31.5. The molecule has 0 saturated carbocycles. The predicted molar refractivity (Wildman–Crippen MR) is 321 cm³/mol. The summed E-state index contributed by atoms with van der Waals surface area (Å²) < 4.78 is 28.9. The van der Waals surface area contributed by atoms with Gasteiger partial charge in [-0.3, -0.25) is 9.59 Å². The molecule has 0 radical (unpaired) electrons. The second-order valence-corrected chi connectivity index (χ2v) is 29.9. The van der Waals surface area contributed by atoms with Crippen LogP contribution >= 0.6 is 45.3 Å². The summed E-state index contributed by atoms with van der Waals surface area (Å²) in [4.78, 5) is 46.4. The van der Waals surface area contributed by atoms with Crippen molar-refractivity contribution in [1.82, 2.24) is 24.1 Å². The molecule has 6 aromatic rings. The van der Waals surface area contributed by atoms with Gasteiger partial charge in [-0.25, -0.2) is 18.4 Å². The second-order valence-electron chi connectivity index (χ2n) is 23.6. The normalized spacial score (nSPS) is 15.7. The van der Waals surface area contributed by atoms with Crippen molar-refractivity contribution in [2.24, 2.45) is 10.9 Å². The number of aromatic nitrogens is 2. The van der Waals surface area contributed by atoms with Crippen LogP contribution in [0.4, 0.5) is 5.00 Å². The van der Waals surface area contributed by atoms with E-state index < -0.39 is 10.0 Å². The number of amides is 2. The van der Waals surface area contributed by atoms with Crippen LogP contribution in [0.5, 0.6) is 0 Å². The molecule has 9 rings (SSSR count). The molecule has 15 heteroatoms. The molecule has 0 aliphatic carbocycles. The molecule has 0 unspecified atom stereocenters. The number of hydrogen-bond donors (Lipinski definition) is 1. The van der Waals surface area contributed by atoms with Crippen LogP contribution in [0, 0.1) is 5.92 Å². The Balaban J connectivity index is 0.000000172. The second kappa shape index (κ2) is 25.2. The molecule has 0 spiro atoms. The highest BCUT2D eigenvalue weighted by Gasteiger charge is 2.38. The van der Waals surface area contributed by atoms with Gasteiger partial charge in [-0.2, -0.15) is 4.31 Å². The zero-order valence-electron chi connectivity index (χ0n) is 48.5. The molecule has 0 bridgehead atoms. The number of rotatable bonds is 9. The van der Waals surface area contributed by atoms with Crippen molar-refractivity contribution in [2.75, 3.05) is 13.1 Å². The van der Waals surface area contributed by atoms with Gasteiger partial charge < -0.3 is 14.8 Å². The van der Waals surface area contributed by atoms with Gasteiger partial charge in [0.25, 0.3) is 0 Å². The van der Waals surface area contributed by atoms with E-state index in [1.165, 1.54) is 45.9 Å². The Morgan fingerprint density at radius 3 is 1.46 bits per heavy atom. The van der Waals surface area contributed by atoms with Gasteiger partial charge in [-0.1, -0.05) is 110 Å². The number of carbonyl (C=O) groups excluding carboxylic acids is 2. The lowest BCUT2D eigenvalue weighted by atomic mass is 9.87. The van der Waals surface area contributed by atoms with Gasteiger partial charge in [-0.05, 0) is 124 Å². The van der Waals surface area contributed by atoms with Gasteiger partial charge in [0.1, 0.15) is 23.9 Å². The number of piperazine rings is 1. The van der Waals surface area contributed by atoms with E-state index in [0.717, 1.165) is 33.0 Å². The molecule has 1 aromatic carbocycles. The van der Waals surface area contributed by atoms with Gasteiger partial charge in [-0.15, -0.1) is 45.3 Å². The molecule has 8 heterocycles. The third-order valence-electron chi connectivity index (χ3n) is 13.3. The number of sulfonamides is 1. The Kier molecular flexibility index (Phi) is 20.8. The summed E-state index contributed by atoms with van der Waals surface area (Å²) in [5, 5.41) is 1.26. The third-order valence-corrected chi connectivity index (χ3v) is 21.2. The Morgan fingerprint density at radius 2 is 1.05 bits per heavy atom. The minimum Gasteiger partial charge on any atom is -0.342 e. The first kappa shape index (κ1) is 61.1. The molecule has 5 aromatic heterocycles. The molecule has 408 valence electrons. The quantitative estimate of drug-likeness (QED) is 0.155. The number of hydrogen-bond acceptors (Lipinski definition) is 10. The molecular formula is C59H88N6O4S5. The van der Waals surface area contributed by atoms with Crippen molar-refractivity contribution in [2.45, 2.75) is 216 Å². The van der Waals surface area contributed by atoms with E-state index in [4.69, 9.17) is 0 Å². The highest BCUT2D eigenvalue weighted by molar-refractivity contribution is 7.89. The number of thiophene rings is 4. The SMILES string of the molecule is CC(C)C1=Nc2sc(C(C)C)cc2C1.CC(C)N1CC(=O)N(C(C)C)CC1=O.CC(C)c1cc2c(s1)CN(C(C)C)S2(=O)=O.CC(C)c1cc2sc(C(C)C)cc2s1.CC(C)c1nc2ccc(C(C)(C)C)cc2[nH]1. The standard InChI is InChI=1S/C14H20N2.C12H17NS.C12H16S2.C11H17NO2S2.C10H18N2O2/c1-9(2)13-15-11-7-6-10(14(3,4)5)8-12(11)16-13;1-7(2)10-5-9-6-11(8(3)4)14-12(9)13-10;1-7(2)9-5-11-12(13-9)6-10(14-11)8(3)4;1-7(2)9-5-11-10(15-9)6-12(8(3)4)16(11,13)14;1-7(2)11-5-10(14)12(8(3)4)6-9(11)13/h6-9H,1-5H3,(H,15,16);6-8H,5H2,1-4H3;5-8H,1-4H3;5,7-8H,6H2,1-4H3;7-8H,5-6H2,1-4H3. The van der Waals surface area contributed by atoms with Gasteiger partial charge >= 0.3 is 0 Å². The van der Waals surface area contributed by atoms with E-state index >= 15 is 0 Å². The summed E-state index contributed by atoms with van der Waals surface area (Å²) in [6, 6.07) is 15.7. The maximum Gasteiger partial charge on any atom is 0.244 e. The van der Waals surface area contributed by atoms with Crippen LogP contribution in [0.25, 0.3) is 20.4 Å². The highest BCUT2D eigenvalue weighted by atomic mass is 32.2. The number of benzene rings is 1. The van der Waals surface area contributed by atoms with Crippen LogP contribution < -0.4 is 0 Å². The number of nitrogens with one attached hydrogen (secondary N) is 1. The Hall–Kier alpha value is -3.73. The van der Waals surface area contributed by atoms with E-state index in [2.05, 4.69) is 155 Å². The largest absolute Gasteiger partial charge is 0.342 e. The summed E-state index contributed by atoms with van der Waals surface area (Å²) >= 11 is 7.40. The number of fused-ring (bicyclic) bond motifs is 4. The molecule has 10 nitrogen and oxygen atoms in total. The van der Waals surface area contributed by atoms with Crippen molar-refractivity contribution in [3.05, 3.63) is 83.8 Å². The van der Waals surface area contributed by atoms with Gasteiger partial charge in [0.2, 0.25) is 21.8 Å². The maximum absolute atomic E-state index is 12.2. The van der Waals surface area contributed by atoms with E-state index in [-0.39, 0.29) is 48.4 Å². The number of nitrogens with zero attached hydrogens (tertiary/aromatic N) is 5. The number of aromatic amines is 1. The first-order chi connectivity index (χ1) is 34.3.